The minimum atomic E-state index is -0.560. The molecular formula is C13H19ClFN3O. The molecule has 1 aromatic carbocycles. The Morgan fingerprint density at radius 1 is 1.37 bits per heavy atom. The number of hydrogen-bond donors (Lipinski definition) is 3. The molecule has 0 saturated carbocycles. The van der Waals surface area contributed by atoms with E-state index in [9.17, 15) is 9.50 Å². The van der Waals surface area contributed by atoms with Crippen LogP contribution in [0, 0.1) is 11.7 Å². The number of aliphatic hydroxyl groups is 1. The van der Waals surface area contributed by atoms with Gasteiger partial charge in [-0.15, -0.1) is 0 Å². The molecule has 0 amide bonds. The first-order chi connectivity index (χ1) is 8.91. The van der Waals surface area contributed by atoms with Crippen molar-refractivity contribution in [1.82, 2.24) is 0 Å². The number of piperidine rings is 1. The molecule has 106 valence electrons. The first-order valence-electron chi connectivity index (χ1n) is 6.37. The van der Waals surface area contributed by atoms with Crippen LogP contribution in [0.15, 0.2) is 6.07 Å². The third kappa shape index (κ3) is 2.72. The summed E-state index contributed by atoms with van der Waals surface area (Å²) in [6.07, 6.45) is 1.27. The lowest BCUT2D eigenvalue weighted by Gasteiger charge is -2.35. The second-order valence-corrected chi connectivity index (χ2v) is 5.47. The summed E-state index contributed by atoms with van der Waals surface area (Å²) in [5.74, 6) is -0.306. The van der Waals surface area contributed by atoms with Crippen LogP contribution in [0.4, 0.5) is 21.5 Å². The summed E-state index contributed by atoms with van der Waals surface area (Å²) in [4.78, 5) is 1.87. The maximum absolute atomic E-state index is 14.2. The summed E-state index contributed by atoms with van der Waals surface area (Å²) < 4.78 is 14.2. The van der Waals surface area contributed by atoms with Gasteiger partial charge >= 0.3 is 0 Å². The lowest BCUT2D eigenvalue weighted by molar-refractivity contribution is 0.110. The predicted octanol–water partition coefficient (Wildman–Crippen LogP) is 2.24. The average Bonchev–Trinajstić information content (AvgIpc) is 2.37. The Morgan fingerprint density at radius 2 is 1.95 bits per heavy atom. The second kappa shape index (κ2) is 5.43. The van der Waals surface area contributed by atoms with E-state index in [4.69, 9.17) is 23.1 Å². The van der Waals surface area contributed by atoms with Crippen molar-refractivity contribution in [3.63, 3.8) is 0 Å². The van der Waals surface area contributed by atoms with Gasteiger partial charge in [0.2, 0.25) is 0 Å². The number of rotatable bonds is 2. The van der Waals surface area contributed by atoms with E-state index in [1.54, 1.807) is 6.92 Å². The molecule has 6 heteroatoms. The van der Waals surface area contributed by atoms with E-state index in [1.807, 2.05) is 4.90 Å². The number of anilines is 3. The van der Waals surface area contributed by atoms with Gasteiger partial charge in [0.05, 0.1) is 23.2 Å². The number of nitrogens with zero attached hydrogens (tertiary/aromatic N) is 1. The van der Waals surface area contributed by atoms with E-state index in [-0.39, 0.29) is 22.7 Å². The Balaban J connectivity index is 2.23. The Morgan fingerprint density at radius 3 is 2.47 bits per heavy atom. The Labute approximate surface area is 117 Å². The van der Waals surface area contributed by atoms with Crippen LogP contribution >= 0.6 is 11.6 Å². The van der Waals surface area contributed by atoms with Crippen molar-refractivity contribution in [3.05, 3.63) is 16.9 Å². The van der Waals surface area contributed by atoms with E-state index in [1.165, 1.54) is 6.07 Å². The predicted molar refractivity (Wildman–Crippen MR) is 76.9 cm³/mol. The molecule has 1 heterocycles. The van der Waals surface area contributed by atoms with Gasteiger partial charge in [0.25, 0.3) is 0 Å². The molecule has 0 spiro atoms. The zero-order valence-corrected chi connectivity index (χ0v) is 11.6. The Hall–Kier alpha value is -1.20. The highest BCUT2D eigenvalue weighted by Crippen LogP contribution is 2.38. The molecule has 19 heavy (non-hydrogen) atoms. The zero-order valence-electron chi connectivity index (χ0n) is 10.9. The SMILES string of the molecule is CC(O)C1CCN(c2c(N)cc(N)c(Cl)c2F)CC1. The van der Waals surface area contributed by atoms with Crippen LogP contribution in [-0.2, 0) is 0 Å². The molecule has 1 aliphatic rings. The summed E-state index contributed by atoms with van der Waals surface area (Å²) in [6, 6.07) is 1.49. The van der Waals surface area contributed by atoms with Crippen molar-refractivity contribution in [2.24, 2.45) is 5.92 Å². The van der Waals surface area contributed by atoms with E-state index >= 15 is 0 Å². The molecular weight excluding hydrogens is 269 g/mol. The summed E-state index contributed by atoms with van der Waals surface area (Å²) in [5, 5.41) is 9.49. The number of halogens is 2. The molecule has 4 nitrogen and oxygen atoms in total. The fourth-order valence-electron chi connectivity index (χ4n) is 2.58. The smallest absolute Gasteiger partial charge is 0.169 e. The van der Waals surface area contributed by atoms with Gasteiger partial charge in [0.1, 0.15) is 5.02 Å². The van der Waals surface area contributed by atoms with Crippen molar-refractivity contribution in [2.45, 2.75) is 25.9 Å². The van der Waals surface area contributed by atoms with Crippen LogP contribution in [0.5, 0.6) is 0 Å². The first kappa shape index (κ1) is 14.2. The van der Waals surface area contributed by atoms with Gasteiger partial charge in [-0.25, -0.2) is 4.39 Å². The van der Waals surface area contributed by atoms with Gasteiger partial charge in [-0.3, -0.25) is 0 Å². The van der Waals surface area contributed by atoms with Crippen molar-refractivity contribution in [3.8, 4) is 0 Å². The largest absolute Gasteiger partial charge is 0.397 e. The molecule has 1 saturated heterocycles. The minimum Gasteiger partial charge on any atom is -0.397 e. The molecule has 1 aliphatic heterocycles. The Bertz CT molecular complexity index is 473. The third-order valence-corrected chi connectivity index (χ3v) is 4.16. The number of benzene rings is 1. The first-order valence-corrected chi connectivity index (χ1v) is 6.75. The van der Waals surface area contributed by atoms with Crippen LogP contribution in [0.25, 0.3) is 0 Å². The van der Waals surface area contributed by atoms with Crippen molar-refractivity contribution in [1.29, 1.82) is 0 Å². The highest BCUT2D eigenvalue weighted by Gasteiger charge is 2.26. The second-order valence-electron chi connectivity index (χ2n) is 5.10. The van der Waals surface area contributed by atoms with E-state index < -0.39 is 5.82 Å². The van der Waals surface area contributed by atoms with Gasteiger partial charge in [-0.1, -0.05) is 11.6 Å². The van der Waals surface area contributed by atoms with Crippen LogP contribution in [-0.4, -0.2) is 24.3 Å². The van der Waals surface area contributed by atoms with E-state index in [2.05, 4.69) is 0 Å². The highest BCUT2D eigenvalue weighted by molar-refractivity contribution is 6.33. The maximum Gasteiger partial charge on any atom is 0.169 e. The highest BCUT2D eigenvalue weighted by atomic mass is 35.5. The molecule has 0 aliphatic carbocycles. The van der Waals surface area contributed by atoms with Crippen LogP contribution in [0.2, 0.25) is 5.02 Å². The lowest BCUT2D eigenvalue weighted by Crippen LogP contribution is -2.37. The molecule has 0 bridgehead atoms. The van der Waals surface area contributed by atoms with Gasteiger partial charge in [0, 0.05) is 13.1 Å². The zero-order chi connectivity index (χ0) is 14.2. The van der Waals surface area contributed by atoms with Crippen molar-refractivity contribution >= 4 is 28.7 Å². The van der Waals surface area contributed by atoms with Crippen LogP contribution in [0.3, 0.4) is 0 Å². The van der Waals surface area contributed by atoms with Crippen LogP contribution < -0.4 is 16.4 Å². The molecule has 2 rings (SSSR count). The lowest BCUT2D eigenvalue weighted by atomic mass is 9.92. The molecule has 0 radical (unpaired) electrons. The standard InChI is InChI=1S/C13H19ClFN3O/c1-7(19)8-2-4-18(5-3-8)13-10(17)6-9(16)11(14)12(13)15/h6-8,19H,2-5,16-17H2,1H3. The van der Waals surface area contributed by atoms with E-state index in [0.29, 0.717) is 24.5 Å². The van der Waals surface area contributed by atoms with Gasteiger partial charge in [0.15, 0.2) is 5.82 Å². The quantitative estimate of drug-likeness (QED) is 0.729. The maximum atomic E-state index is 14.2. The normalized spacial score (nSPS) is 18.6. The molecule has 0 aromatic heterocycles. The summed E-state index contributed by atoms with van der Waals surface area (Å²) in [7, 11) is 0. The molecule has 1 fully saturated rings. The summed E-state index contributed by atoms with van der Waals surface area (Å²) in [5.41, 5.74) is 12.2. The monoisotopic (exact) mass is 287 g/mol. The van der Waals surface area contributed by atoms with Crippen LogP contribution in [0.1, 0.15) is 19.8 Å². The number of nitrogens with two attached hydrogens (primary N) is 2. The molecule has 1 atom stereocenters. The number of aliphatic hydroxyl groups excluding tert-OH is 1. The van der Waals surface area contributed by atoms with Crippen molar-refractivity contribution < 1.29 is 9.50 Å². The molecule has 1 unspecified atom stereocenters. The fourth-order valence-corrected chi connectivity index (χ4v) is 2.73. The average molecular weight is 288 g/mol. The van der Waals surface area contributed by atoms with Crippen molar-refractivity contribution in [2.75, 3.05) is 29.5 Å². The summed E-state index contributed by atoms with van der Waals surface area (Å²) >= 11 is 5.83. The Kier molecular flexibility index (Phi) is 4.06. The molecule has 5 N–H and O–H groups in total. The van der Waals surface area contributed by atoms with Gasteiger partial charge in [-0.05, 0) is 31.7 Å². The summed E-state index contributed by atoms with van der Waals surface area (Å²) in [6.45, 7) is 3.09. The van der Waals surface area contributed by atoms with E-state index in [0.717, 1.165) is 12.8 Å². The third-order valence-electron chi connectivity index (χ3n) is 3.78. The fraction of sp³-hybridized carbons (Fsp3) is 0.538. The van der Waals surface area contributed by atoms with Gasteiger partial charge < -0.3 is 21.5 Å². The molecule has 1 aromatic rings. The van der Waals surface area contributed by atoms with Gasteiger partial charge in [-0.2, -0.15) is 0 Å². The topological polar surface area (TPSA) is 75.5 Å². The number of hydrogen-bond acceptors (Lipinski definition) is 4. The number of nitrogen functional groups attached to an aromatic ring is 2. The minimum absolute atomic E-state index is 0.0816.